The van der Waals surface area contributed by atoms with E-state index in [1.807, 2.05) is 0 Å². The normalized spacial score (nSPS) is 10.4. The van der Waals surface area contributed by atoms with Gasteiger partial charge in [-0.05, 0) is 13.0 Å². The molecule has 1 aromatic carbocycles. The third-order valence-electron chi connectivity index (χ3n) is 2.63. The number of aromatic hydroxyl groups is 1. The third kappa shape index (κ3) is 3.19. The Hall–Kier alpha value is -2.25. The van der Waals surface area contributed by atoms with Crippen molar-refractivity contribution in [3.05, 3.63) is 29.1 Å². The van der Waals surface area contributed by atoms with Gasteiger partial charge in [0.05, 0.1) is 12.0 Å². The van der Waals surface area contributed by atoms with Crippen molar-refractivity contribution >= 4 is 11.9 Å². The SMILES string of the molecule is CCN(CCC(=O)O)C(=O)c1cc(F)c(F)c(O)c1F. The standard InChI is InChI=1S/C12H12F3NO4/c1-2-16(4-3-8(17)18)12(20)6-5-7(13)10(15)11(19)9(6)14/h5,19H,2-4H2,1H3,(H,17,18). The number of phenolic OH excluding ortho intramolecular Hbond substituents is 1. The first kappa shape index (κ1) is 15.8. The summed E-state index contributed by atoms with van der Waals surface area (Å²) in [5, 5.41) is 17.6. The fourth-order valence-electron chi connectivity index (χ4n) is 1.55. The molecule has 1 amide bonds. The van der Waals surface area contributed by atoms with Crippen molar-refractivity contribution in [2.45, 2.75) is 13.3 Å². The van der Waals surface area contributed by atoms with E-state index in [9.17, 15) is 22.8 Å². The number of carbonyl (C=O) groups is 2. The van der Waals surface area contributed by atoms with Gasteiger partial charge in [0.15, 0.2) is 17.4 Å². The van der Waals surface area contributed by atoms with E-state index in [4.69, 9.17) is 10.2 Å². The first-order valence-electron chi connectivity index (χ1n) is 5.67. The molecule has 0 spiro atoms. The van der Waals surface area contributed by atoms with Crippen LogP contribution in [0.15, 0.2) is 6.07 Å². The van der Waals surface area contributed by atoms with Crippen LogP contribution in [-0.2, 0) is 4.79 Å². The zero-order valence-electron chi connectivity index (χ0n) is 10.5. The summed E-state index contributed by atoms with van der Waals surface area (Å²) in [4.78, 5) is 23.3. The number of hydrogen-bond acceptors (Lipinski definition) is 3. The summed E-state index contributed by atoms with van der Waals surface area (Å²) in [6.45, 7) is 1.34. The van der Waals surface area contributed by atoms with Gasteiger partial charge in [-0.25, -0.2) is 8.78 Å². The number of carbonyl (C=O) groups excluding carboxylic acids is 1. The van der Waals surface area contributed by atoms with E-state index in [2.05, 4.69) is 0 Å². The van der Waals surface area contributed by atoms with Crippen molar-refractivity contribution in [3.63, 3.8) is 0 Å². The van der Waals surface area contributed by atoms with Gasteiger partial charge in [-0.1, -0.05) is 0 Å². The lowest BCUT2D eigenvalue weighted by atomic mass is 10.1. The first-order valence-corrected chi connectivity index (χ1v) is 5.67. The van der Waals surface area contributed by atoms with Crippen LogP contribution < -0.4 is 0 Å². The second kappa shape index (κ2) is 6.27. The second-order valence-electron chi connectivity index (χ2n) is 3.91. The summed E-state index contributed by atoms with van der Waals surface area (Å²) in [5.41, 5.74) is -0.853. The maximum atomic E-state index is 13.6. The average Bonchev–Trinajstić information content (AvgIpc) is 2.40. The Bertz CT molecular complexity index is 548. The van der Waals surface area contributed by atoms with Crippen LogP contribution >= 0.6 is 0 Å². The smallest absolute Gasteiger partial charge is 0.305 e. The van der Waals surface area contributed by atoms with Crippen molar-refractivity contribution in [2.24, 2.45) is 0 Å². The molecule has 0 heterocycles. The van der Waals surface area contributed by atoms with Crippen molar-refractivity contribution < 1.29 is 33.0 Å². The minimum atomic E-state index is -1.78. The number of benzene rings is 1. The summed E-state index contributed by atoms with van der Waals surface area (Å²) in [5.74, 6) is -8.70. The molecular formula is C12H12F3NO4. The van der Waals surface area contributed by atoms with Crippen molar-refractivity contribution in [1.82, 2.24) is 4.90 Å². The van der Waals surface area contributed by atoms with Gasteiger partial charge in [0.25, 0.3) is 5.91 Å². The highest BCUT2D eigenvalue weighted by Gasteiger charge is 2.25. The number of aliphatic carboxylic acids is 1. The van der Waals surface area contributed by atoms with Gasteiger partial charge in [-0.2, -0.15) is 4.39 Å². The average molecular weight is 291 g/mol. The largest absolute Gasteiger partial charge is 0.503 e. The first-order chi connectivity index (χ1) is 9.29. The van der Waals surface area contributed by atoms with Gasteiger partial charge in [0, 0.05) is 13.1 Å². The van der Waals surface area contributed by atoms with Crippen LogP contribution in [0, 0.1) is 17.5 Å². The lowest BCUT2D eigenvalue weighted by Gasteiger charge is -2.20. The molecule has 1 aromatic rings. The Morgan fingerprint density at radius 1 is 1.25 bits per heavy atom. The minimum Gasteiger partial charge on any atom is -0.503 e. The van der Waals surface area contributed by atoms with Crippen LogP contribution in [0.25, 0.3) is 0 Å². The molecule has 1 rings (SSSR count). The molecule has 2 N–H and O–H groups in total. The lowest BCUT2D eigenvalue weighted by molar-refractivity contribution is -0.137. The number of rotatable bonds is 5. The molecule has 0 aliphatic carbocycles. The van der Waals surface area contributed by atoms with Gasteiger partial charge < -0.3 is 15.1 Å². The van der Waals surface area contributed by atoms with Gasteiger partial charge in [0.2, 0.25) is 5.82 Å². The van der Waals surface area contributed by atoms with E-state index in [0.717, 1.165) is 4.90 Å². The van der Waals surface area contributed by atoms with Gasteiger partial charge in [-0.3, -0.25) is 9.59 Å². The Morgan fingerprint density at radius 3 is 2.35 bits per heavy atom. The quantitative estimate of drug-likeness (QED) is 0.810. The molecule has 0 saturated heterocycles. The molecule has 0 unspecified atom stereocenters. The molecule has 0 aliphatic heterocycles. The highest BCUT2D eigenvalue weighted by atomic mass is 19.2. The molecule has 0 aliphatic rings. The summed E-state index contributed by atoms with van der Waals surface area (Å²) in [6, 6.07) is 0.330. The van der Waals surface area contributed by atoms with Crippen molar-refractivity contribution in [3.8, 4) is 5.75 Å². The van der Waals surface area contributed by atoms with E-state index in [0.29, 0.717) is 6.07 Å². The number of carboxylic acid groups (broad SMARTS) is 1. The van der Waals surface area contributed by atoms with Gasteiger partial charge >= 0.3 is 5.97 Å². The molecular weight excluding hydrogens is 279 g/mol. The molecule has 110 valence electrons. The van der Waals surface area contributed by atoms with Crippen LogP contribution in [0.4, 0.5) is 13.2 Å². The lowest BCUT2D eigenvalue weighted by Crippen LogP contribution is -2.33. The molecule has 0 atom stereocenters. The molecule has 20 heavy (non-hydrogen) atoms. The highest BCUT2D eigenvalue weighted by Crippen LogP contribution is 2.26. The number of nitrogens with zero attached hydrogens (tertiary/aromatic N) is 1. The predicted octanol–water partition coefficient (Wildman–Crippen LogP) is 1.75. The fourth-order valence-corrected chi connectivity index (χ4v) is 1.55. The molecule has 5 nitrogen and oxygen atoms in total. The zero-order chi connectivity index (χ0) is 15.4. The Morgan fingerprint density at radius 2 is 1.85 bits per heavy atom. The van der Waals surface area contributed by atoms with E-state index >= 15 is 0 Å². The molecule has 0 radical (unpaired) electrons. The molecule has 0 bridgehead atoms. The second-order valence-corrected chi connectivity index (χ2v) is 3.91. The fraction of sp³-hybridized carbons (Fsp3) is 0.333. The topological polar surface area (TPSA) is 77.8 Å². The number of halogens is 3. The molecule has 0 aromatic heterocycles. The number of amides is 1. The number of carboxylic acids is 1. The van der Waals surface area contributed by atoms with Gasteiger partial charge in [0.1, 0.15) is 0 Å². The zero-order valence-corrected chi connectivity index (χ0v) is 10.5. The maximum absolute atomic E-state index is 13.6. The van der Waals surface area contributed by atoms with E-state index in [1.54, 1.807) is 0 Å². The van der Waals surface area contributed by atoms with Crippen LogP contribution in [0.1, 0.15) is 23.7 Å². The predicted molar refractivity (Wildman–Crippen MR) is 61.8 cm³/mol. The van der Waals surface area contributed by atoms with Crippen LogP contribution in [0.2, 0.25) is 0 Å². The van der Waals surface area contributed by atoms with E-state index in [1.165, 1.54) is 6.92 Å². The van der Waals surface area contributed by atoms with Crippen molar-refractivity contribution in [2.75, 3.05) is 13.1 Å². The maximum Gasteiger partial charge on any atom is 0.305 e. The van der Waals surface area contributed by atoms with Gasteiger partial charge in [-0.15, -0.1) is 0 Å². The van der Waals surface area contributed by atoms with Crippen molar-refractivity contribution in [1.29, 1.82) is 0 Å². The summed E-state index contributed by atoms with van der Waals surface area (Å²) in [7, 11) is 0. The summed E-state index contributed by atoms with van der Waals surface area (Å²) >= 11 is 0. The third-order valence-corrected chi connectivity index (χ3v) is 2.63. The summed E-state index contributed by atoms with van der Waals surface area (Å²) in [6.07, 6.45) is -0.378. The highest BCUT2D eigenvalue weighted by molar-refractivity contribution is 5.95. The summed E-state index contributed by atoms with van der Waals surface area (Å²) < 4.78 is 39.6. The number of phenols is 1. The molecule has 8 heteroatoms. The monoisotopic (exact) mass is 291 g/mol. The van der Waals surface area contributed by atoms with Crippen LogP contribution in [0.5, 0.6) is 5.75 Å². The van der Waals surface area contributed by atoms with Crippen LogP contribution in [-0.4, -0.2) is 40.1 Å². The molecule has 0 fully saturated rings. The molecule has 0 saturated carbocycles. The minimum absolute atomic E-state index is 0.0469. The van der Waals surface area contributed by atoms with E-state index in [-0.39, 0.29) is 19.5 Å². The van der Waals surface area contributed by atoms with Crippen LogP contribution in [0.3, 0.4) is 0 Å². The Labute approximate surface area is 112 Å². The van der Waals surface area contributed by atoms with E-state index < -0.39 is 40.6 Å². The number of hydrogen-bond donors (Lipinski definition) is 2. The Kier molecular flexibility index (Phi) is 4.95. The Balaban J connectivity index is 3.10.